The smallest absolute Gasteiger partial charge is 0.313 e. The molecule has 1 aliphatic heterocycles. The monoisotopic (exact) mass is 316 g/mol. The van der Waals surface area contributed by atoms with Crippen LogP contribution in [0.1, 0.15) is 5.56 Å². The number of pyridine rings is 1. The third-order valence-corrected chi connectivity index (χ3v) is 3.05. The number of hydrogen-bond donors (Lipinski definition) is 1. The average Bonchev–Trinajstić information content (AvgIpc) is 3.03. The number of nitrogens with zero attached hydrogens (tertiary/aromatic N) is 3. The van der Waals surface area contributed by atoms with Crippen molar-refractivity contribution in [2.24, 2.45) is 5.10 Å². The van der Waals surface area contributed by atoms with Crippen LogP contribution < -0.4 is 19.6 Å². The van der Waals surface area contributed by atoms with Crippen LogP contribution in [0.2, 0.25) is 0 Å². The highest BCUT2D eigenvalue weighted by Gasteiger charge is 2.19. The second-order valence-corrected chi connectivity index (χ2v) is 4.46. The van der Waals surface area contributed by atoms with E-state index in [1.165, 1.54) is 31.7 Å². The maximum Gasteiger partial charge on any atom is 0.313 e. The summed E-state index contributed by atoms with van der Waals surface area (Å²) in [6.07, 6.45) is 2.91. The SMILES string of the molecule is COc1cc(/C=N\Nc2ncccc2[N+](=O)[O-])cc2c1OCO2. The summed E-state index contributed by atoms with van der Waals surface area (Å²) < 4.78 is 15.8. The highest BCUT2D eigenvalue weighted by molar-refractivity contribution is 5.83. The summed E-state index contributed by atoms with van der Waals surface area (Å²) in [5.41, 5.74) is 3.07. The van der Waals surface area contributed by atoms with Crippen molar-refractivity contribution in [3.05, 3.63) is 46.1 Å². The van der Waals surface area contributed by atoms with Crippen molar-refractivity contribution in [1.29, 1.82) is 0 Å². The zero-order valence-corrected chi connectivity index (χ0v) is 12.1. The zero-order chi connectivity index (χ0) is 16.2. The molecule has 0 spiro atoms. The van der Waals surface area contributed by atoms with Crippen LogP contribution in [-0.4, -0.2) is 30.0 Å². The third-order valence-electron chi connectivity index (χ3n) is 3.05. The number of rotatable bonds is 5. The Morgan fingerprint density at radius 1 is 1.48 bits per heavy atom. The van der Waals surface area contributed by atoms with Gasteiger partial charge in [0.2, 0.25) is 18.4 Å². The van der Waals surface area contributed by atoms with Crippen LogP contribution in [0.4, 0.5) is 11.5 Å². The van der Waals surface area contributed by atoms with Gasteiger partial charge in [0.05, 0.1) is 18.2 Å². The molecule has 1 N–H and O–H groups in total. The quantitative estimate of drug-likeness (QED) is 0.511. The van der Waals surface area contributed by atoms with Gasteiger partial charge in [0.25, 0.3) is 0 Å². The average molecular weight is 316 g/mol. The maximum atomic E-state index is 10.9. The van der Waals surface area contributed by atoms with Gasteiger partial charge in [0.1, 0.15) is 0 Å². The normalized spacial score (nSPS) is 12.4. The number of anilines is 1. The van der Waals surface area contributed by atoms with E-state index in [-0.39, 0.29) is 18.3 Å². The molecular weight excluding hydrogens is 304 g/mol. The molecule has 1 aliphatic rings. The van der Waals surface area contributed by atoms with E-state index < -0.39 is 4.92 Å². The fourth-order valence-corrected chi connectivity index (χ4v) is 2.02. The summed E-state index contributed by atoms with van der Waals surface area (Å²) in [6.45, 7) is 0.130. The van der Waals surface area contributed by atoms with Crippen molar-refractivity contribution in [2.75, 3.05) is 19.3 Å². The molecule has 3 rings (SSSR count). The molecule has 0 saturated carbocycles. The van der Waals surface area contributed by atoms with Gasteiger partial charge >= 0.3 is 5.69 Å². The Kier molecular flexibility index (Phi) is 3.91. The van der Waals surface area contributed by atoms with Crippen LogP contribution in [0.15, 0.2) is 35.6 Å². The lowest BCUT2D eigenvalue weighted by Gasteiger charge is -2.05. The molecule has 9 heteroatoms. The Balaban J connectivity index is 1.80. The van der Waals surface area contributed by atoms with Crippen LogP contribution >= 0.6 is 0 Å². The Morgan fingerprint density at radius 2 is 2.35 bits per heavy atom. The van der Waals surface area contributed by atoms with Crippen molar-refractivity contribution in [2.45, 2.75) is 0 Å². The van der Waals surface area contributed by atoms with Crippen molar-refractivity contribution < 1.29 is 19.1 Å². The largest absolute Gasteiger partial charge is 0.493 e. The fraction of sp³-hybridized carbons (Fsp3) is 0.143. The predicted molar refractivity (Wildman–Crippen MR) is 81.2 cm³/mol. The number of benzene rings is 1. The summed E-state index contributed by atoms with van der Waals surface area (Å²) >= 11 is 0. The van der Waals surface area contributed by atoms with E-state index in [4.69, 9.17) is 14.2 Å². The summed E-state index contributed by atoms with van der Waals surface area (Å²) in [5, 5.41) is 14.9. The molecule has 9 nitrogen and oxygen atoms in total. The Morgan fingerprint density at radius 3 is 3.13 bits per heavy atom. The van der Waals surface area contributed by atoms with E-state index in [1.807, 2.05) is 0 Å². The van der Waals surface area contributed by atoms with Gasteiger partial charge in [0, 0.05) is 17.8 Å². The van der Waals surface area contributed by atoms with Crippen molar-refractivity contribution in [3.63, 3.8) is 0 Å². The first-order valence-electron chi connectivity index (χ1n) is 6.55. The minimum absolute atomic E-state index is 0.0569. The van der Waals surface area contributed by atoms with Gasteiger partial charge in [-0.2, -0.15) is 5.10 Å². The van der Waals surface area contributed by atoms with E-state index in [2.05, 4.69) is 15.5 Å². The molecule has 0 bridgehead atoms. The molecule has 0 unspecified atom stereocenters. The molecule has 0 fully saturated rings. The maximum absolute atomic E-state index is 10.9. The molecule has 0 aliphatic carbocycles. The lowest BCUT2D eigenvalue weighted by Crippen LogP contribution is -1.99. The minimum Gasteiger partial charge on any atom is -0.493 e. The van der Waals surface area contributed by atoms with Crippen LogP contribution in [0, 0.1) is 10.1 Å². The molecule has 118 valence electrons. The molecule has 1 aromatic carbocycles. The van der Waals surface area contributed by atoms with Crippen molar-refractivity contribution >= 4 is 17.7 Å². The van der Waals surface area contributed by atoms with Crippen LogP contribution in [0.3, 0.4) is 0 Å². The number of nitro groups is 1. The number of aromatic nitrogens is 1. The van der Waals surface area contributed by atoms with Crippen LogP contribution in [0.25, 0.3) is 0 Å². The highest BCUT2D eigenvalue weighted by atomic mass is 16.7. The molecule has 23 heavy (non-hydrogen) atoms. The summed E-state index contributed by atoms with van der Waals surface area (Å²) in [7, 11) is 1.52. The number of ether oxygens (including phenoxy) is 3. The van der Waals surface area contributed by atoms with Gasteiger partial charge in [-0.3, -0.25) is 15.5 Å². The van der Waals surface area contributed by atoms with E-state index in [0.717, 1.165) is 0 Å². The highest BCUT2D eigenvalue weighted by Crippen LogP contribution is 2.41. The van der Waals surface area contributed by atoms with Crippen molar-refractivity contribution in [3.8, 4) is 17.2 Å². The number of methoxy groups -OCH3 is 1. The van der Waals surface area contributed by atoms with Gasteiger partial charge in [0.15, 0.2) is 11.5 Å². The topological polar surface area (TPSA) is 108 Å². The molecular formula is C14H12N4O5. The van der Waals surface area contributed by atoms with Crippen molar-refractivity contribution in [1.82, 2.24) is 4.98 Å². The molecule has 2 aromatic rings. The standard InChI is InChI=1S/C14H12N4O5/c1-21-11-5-9(6-12-13(11)23-8-22-12)7-16-17-14-10(18(19)20)3-2-4-15-14/h2-7H,8H2,1H3,(H,15,17)/b16-7-. The first-order valence-corrected chi connectivity index (χ1v) is 6.55. The molecule has 1 aromatic heterocycles. The Hall–Kier alpha value is -3.36. The third kappa shape index (κ3) is 2.98. The lowest BCUT2D eigenvalue weighted by atomic mass is 10.2. The summed E-state index contributed by atoms with van der Waals surface area (Å²) in [5.74, 6) is 1.67. The Labute approximate surface area is 130 Å². The summed E-state index contributed by atoms with van der Waals surface area (Å²) in [6, 6.07) is 6.26. The fourth-order valence-electron chi connectivity index (χ4n) is 2.02. The molecule has 0 radical (unpaired) electrons. The van der Waals surface area contributed by atoms with E-state index in [1.54, 1.807) is 12.1 Å². The first kappa shape index (κ1) is 14.6. The summed E-state index contributed by atoms with van der Waals surface area (Å²) in [4.78, 5) is 14.2. The molecule has 0 amide bonds. The molecule has 0 atom stereocenters. The number of hydrazone groups is 1. The van der Waals surface area contributed by atoms with Gasteiger partial charge in [-0.25, -0.2) is 4.98 Å². The Bertz CT molecular complexity index is 778. The zero-order valence-electron chi connectivity index (χ0n) is 12.1. The number of hydrogen-bond acceptors (Lipinski definition) is 8. The van der Waals surface area contributed by atoms with E-state index in [9.17, 15) is 10.1 Å². The number of nitrogens with one attached hydrogen (secondary N) is 1. The van der Waals surface area contributed by atoms with Gasteiger partial charge in [-0.1, -0.05) is 0 Å². The van der Waals surface area contributed by atoms with Gasteiger partial charge in [-0.15, -0.1) is 0 Å². The second-order valence-electron chi connectivity index (χ2n) is 4.46. The van der Waals surface area contributed by atoms with Crippen LogP contribution in [-0.2, 0) is 0 Å². The lowest BCUT2D eigenvalue weighted by molar-refractivity contribution is -0.384. The van der Waals surface area contributed by atoms with Gasteiger partial charge in [-0.05, 0) is 18.2 Å². The van der Waals surface area contributed by atoms with E-state index in [0.29, 0.717) is 22.8 Å². The van der Waals surface area contributed by atoms with Crippen LogP contribution in [0.5, 0.6) is 17.2 Å². The minimum atomic E-state index is -0.533. The first-order chi connectivity index (χ1) is 11.2. The van der Waals surface area contributed by atoms with Gasteiger partial charge < -0.3 is 14.2 Å². The molecule has 2 heterocycles. The molecule has 0 saturated heterocycles. The predicted octanol–water partition coefficient (Wildman–Crippen LogP) is 2.17. The number of fused-ring (bicyclic) bond motifs is 1. The second kappa shape index (κ2) is 6.18. The van der Waals surface area contributed by atoms with E-state index >= 15 is 0 Å².